The maximum Gasteiger partial charge on any atom is 0.244 e. The molecule has 1 aliphatic carbocycles. The van der Waals surface area contributed by atoms with Crippen molar-refractivity contribution in [3.05, 3.63) is 53.9 Å². The van der Waals surface area contributed by atoms with Crippen LogP contribution in [0.25, 0.3) is 6.08 Å². The highest BCUT2D eigenvalue weighted by molar-refractivity contribution is 5.91. The summed E-state index contributed by atoms with van der Waals surface area (Å²) in [6, 6.07) is 10.4. The molecule has 1 amide bonds. The molecule has 1 aromatic heterocycles. The van der Waals surface area contributed by atoms with Crippen molar-refractivity contribution in [1.82, 2.24) is 20.3 Å². The summed E-state index contributed by atoms with van der Waals surface area (Å²) in [5.74, 6) is -0.0514. The highest BCUT2D eigenvalue weighted by atomic mass is 16.1. The van der Waals surface area contributed by atoms with Gasteiger partial charge in [-0.15, -0.1) is 5.10 Å². The van der Waals surface area contributed by atoms with Crippen LogP contribution in [-0.2, 0) is 11.3 Å². The molecule has 0 unspecified atom stereocenters. The second-order valence-electron chi connectivity index (χ2n) is 5.65. The van der Waals surface area contributed by atoms with Crippen molar-refractivity contribution in [2.24, 2.45) is 0 Å². The van der Waals surface area contributed by atoms with Gasteiger partial charge in [0.25, 0.3) is 0 Å². The summed E-state index contributed by atoms with van der Waals surface area (Å²) in [6.45, 7) is 0.677. The quantitative estimate of drug-likeness (QED) is 0.862. The lowest BCUT2D eigenvalue weighted by molar-refractivity contribution is -0.117. The van der Waals surface area contributed by atoms with Crippen molar-refractivity contribution in [3.8, 4) is 0 Å². The number of carbonyl (C=O) groups excluding carboxylic acids is 1. The van der Waals surface area contributed by atoms with Crippen molar-refractivity contribution in [2.45, 2.75) is 38.3 Å². The summed E-state index contributed by atoms with van der Waals surface area (Å²) in [5.41, 5.74) is 1.86. The molecule has 5 nitrogen and oxygen atoms in total. The number of benzene rings is 1. The molecule has 2 aromatic rings. The SMILES string of the molecule is O=C(/C=C/c1cn(Cc2ccccc2)nn1)NC1CCCC1. The highest BCUT2D eigenvalue weighted by Crippen LogP contribution is 2.17. The molecule has 22 heavy (non-hydrogen) atoms. The zero-order valence-corrected chi connectivity index (χ0v) is 12.5. The van der Waals surface area contributed by atoms with Crippen LogP contribution in [0.1, 0.15) is 36.9 Å². The third-order valence-corrected chi connectivity index (χ3v) is 3.85. The number of aromatic nitrogens is 3. The Bertz CT molecular complexity index is 642. The molecule has 3 rings (SSSR count). The first kappa shape index (κ1) is 14.5. The molecule has 0 bridgehead atoms. The minimum atomic E-state index is -0.0514. The number of hydrogen-bond donors (Lipinski definition) is 1. The van der Waals surface area contributed by atoms with Crippen molar-refractivity contribution in [3.63, 3.8) is 0 Å². The lowest BCUT2D eigenvalue weighted by atomic mass is 10.2. The number of hydrogen-bond acceptors (Lipinski definition) is 3. The third kappa shape index (κ3) is 4.04. The number of rotatable bonds is 5. The van der Waals surface area contributed by atoms with Crippen LogP contribution in [-0.4, -0.2) is 26.9 Å². The fraction of sp³-hybridized carbons (Fsp3) is 0.353. The first-order chi connectivity index (χ1) is 10.8. The van der Waals surface area contributed by atoms with E-state index in [1.807, 2.05) is 36.5 Å². The van der Waals surface area contributed by atoms with E-state index in [9.17, 15) is 4.79 Å². The topological polar surface area (TPSA) is 59.8 Å². The molecule has 1 saturated carbocycles. The van der Waals surface area contributed by atoms with Gasteiger partial charge in [-0.1, -0.05) is 48.4 Å². The molecule has 0 spiro atoms. The van der Waals surface area contributed by atoms with E-state index in [1.165, 1.54) is 24.5 Å². The Morgan fingerprint density at radius 2 is 2.05 bits per heavy atom. The molecule has 1 aromatic carbocycles. The Balaban J connectivity index is 1.54. The summed E-state index contributed by atoms with van der Waals surface area (Å²) in [5, 5.41) is 11.2. The highest BCUT2D eigenvalue weighted by Gasteiger charge is 2.15. The van der Waals surface area contributed by atoms with Gasteiger partial charge in [0.05, 0.1) is 12.7 Å². The molecular weight excluding hydrogens is 276 g/mol. The summed E-state index contributed by atoms with van der Waals surface area (Å²) in [6.07, 6.45) is 9.69. The second-order valence-corrected chi connectivity index (χ2v) is 5.65. The van der Waals surface area contributed by atoms with Crippen molar-refractivity contribution in [2.75, 3.05) is 0 Å². The van der Waals surface area contributed by atoms with E-state index in [-0.39, 0.29) is 5.91 Å². The minimum absolute atomic E-state index is 0.0514. The summed E-state index contributed by atoms with van der Waals surface area (Å²) < 4.78 is 1.77. The molecule has 114 valence electrons. The van der Waals surface area contributed by atoms with Crippen LogP contribution in [0, 0.1) is 0 Å². The smallest absolute Gasteiger partial charge is 0.244 e. The second kappa shape index (κ2) is 7.02. The van der Waals surface area contributed by atoms with E-state index >= 15 is 0 Å². The van der Waals surface area contributed by atoms with E-state index in [1.54, 1.807) is 10.8 Å². The number of carbonyl (C=O) groups is 1. The minimum Gasteiger partial charge on any atom is -0.350 e. The van der Waals surface area contributed by atoms with Crippen LogP contribution in [0.4, 0.5) is 0 Å². The Morgan fingerprint density at radius 3 is 2.82 bits per heavy atom. The van der Waals surface area contributed by atoms with Crippen LogP contribution in [0.15, 0.2) is 42.6 Å². The van der Waals surface area contributed by atoms with E-state index < -0.39 is 0 Å². The average molecular weight is 296 g/mol. The molecule has 5 heteroatoms. The van der Waals surface area contributed by atoms with E-state index in [4.69, 9.17) is 0 Å². The third-order valence-electron chi connectivity index (χ3n) is 3.85. The van der Waals surface area contributed by atoms with Gasteiger partial charge in [0.1, 0.15) is 5.69 Å². The van der Waals surface area contributed by atoms with Crippen LogP contribution in [0.2, 0.25) is 0 Å². The molecule has 0 aliphatic heterocycles. The van der Waals surface area contributed by atoms with Crippen molar-refractivity contribution in [1.29, 1.82) is 0 Å². The number of nitrogens with zero attached hydrogens (tertiary/aromatic N) is 3. The fourth-order valence-electron chi connectivity index (χ4n) is 2.72. The molecular formula is C17H20N4O. The van der Waals surface area contributed by atoms with Gasteiger partial charge < -0.3 is 5.32 Å². The lowest BCUT2D eigenvalue weighted by Gasteiger charge is -2.08. The van der Waals surface area contributed by atoms with E-state index in [0.717, 1.165) is 12.8 Å². The Morgan fingerprint density at radius 1 is 1.27 bits per heavy atom. The monoisotopic (exact) mass is 296 g/mol. The van der Waals surface area contributed by atoms with Crippen molar-refractivity contribution >= 4 is 12.0 Å². The zero-order chi connectivity index (χ0) is 15.2. The Labute approximate surface area is 130 Å². The normalized spacial score (nSPS) is 15.5. The molecule has 1 aliphatic rings. The van der Waals surface area contributed by atoms with Gasteiger partial charge in [0.2, 0.25) is 5.91 Å². The maximum absolute atomic E-state index is 11.8. The van der Waals surface area contributed by atoms with E-state index in [0.29, 0.717) is 18.3 Å². The van der Waals surface area contributed by atoms with Gasteiger partial charge in [-0.05, 0) is 24.5 Å². The molecule has 0 atom stereocenters. The molecule has 0 saturated heterocycles. The van der Waals surface area contributed by atoms with Crippen LogP contribution in [0.3, 0.4) is 0 Å². The maximum atomic E-state index is 11.8. The van der Waals surface area contributed by atoms with Crippen molar-refractivity contribution < 1.29 is 4.79 Å². The molecule has 1 fully saturated rings. The lowest BCUT2D eigenvalue weighted by Crippen LogP contribution is -2.30. The Kier molecular flexibility index (Phi) is 4.63. The van der Waals surface area contributed by atoms with E-state index in [2.05, 4.69) is 15.6 Å². The Hall–Kier alpha value is -2.43. The molecule has 1 N–H and O–H groups in total. The van der Waals surface area contributed by atoms with Gasteiger partial charge in [-0.2, -0.15) is 0 Å². The first-order valence-electron chi connectivity index (χ1n) is 7.72. The van der Waals surface area contributed by atoms with Gasteiger partial charge >= 0.3 is 0 Å². The van der Waals surface area contributed by atoms with Gasteiger partial charge in [-0.3, -0.25) is 4.79 Å². The van der Waals surface area contributed by atoms with Crippen LogP contribution < -0.4 is 5.32 Å². The largest absolute Gasteiger partial charge is 0.350 e. The predicted molar refractivity (Wildman–Crippen MR) is 85.0 cm³/mol. The van der Waals surface area contributed by atoms with Crippen LogP contribution in [0.5, 0.6) is 0 Å². The summed E-state index contributed by atoms with van der Waals surface area (Å²) >= 11 is 0. The molecule has 0 radical (unpaired) electrons. The number of amides is 1. The average Bonchev–Trinajstić information content (AvgIpc) is 3.18. The zero-order valence-electron chi connectivity index (χ0n) is 12.5. The van der Waals surface area contributed by atoms with Gasteiger partial charge in [-0.25, -0.2) is 4.68 Å². The summed E-state index contributed by atoms with van der Waals surface area (Å²) in [7, 11) is 0. The predicted octanol–water partition coefficient (Wildman–Crippen LogP) is 2.40. The fourth-order valence-corrected chi connectivity index (χ4v) is 2.72. The first-order valence-corrected chi connectivity index (χ1v) is 7.72. The molecule has 1 heterocycles. The van der Waals surface area contributed by atoms with Gasteiger partial charge in [0.15, 0.2) is 0 Å². The standard InChI is InChI=1S/C17H20N4O/c22-17(18-15-8-4-5-9-15)11-10-16-13-21(20-19-16)12-14-6-2-1-3-7-14/h1-3,6-7,10-11,13,15H,4-5,8-9,12H2,(H,18,22)/b11-10+. The van der Waals surface area contributed by atoms with Crippen LogP contribution >= 0.6 is 0 Å². The number of nitrogens with one attached hydrogen (secondary N) is 1. The summed E-state index contributed by atoms with van der Waals surface area (Å²) in [4.78, 5) is 11.8. The van der Waals surface area contributed by atoms with Gasteiger partial charge in [0, 0.05) is 12.1 Å².